The topological polar surface area (TPSA) is 92.8 Å². The maximum Gasteiger partial charge on any atom is 0.213 e. The van der Waals surface area contributed by atoms with E-state index in [2.05, 4.69) is 15.5 Å². The molecule has 0 aliphatic heterocycles. The Morgan fingerprint density at radius 2 is 2.47 bits per heavy atom. The Hall–Kier alpha value is -1.82. The highest BCUT2D eigenvalue weighted by atomic mass is 16.5. The SMILES string of the molecule is COc1cc(CNC(C)CC(N)=NO)ccn1. The number of amidine groups is 1. The van der Waals surface area contributed by atoms with Crippen molar-refractivity contribution in [3.8, 4) is 5.88 Å². The summed E-state index contributed by atoms with van der Waals surface area (Å²) in [6, 6.07) is 3.90. The number of nitrogens with one attached hydrogen (secondary N) is 1. The number of ether oxygens (including phenoxy) is 1. The molecule has 4 N–H and O–H groups in total. The summed E-state index contributed by atoms with van der Waals surface area (Å²) in [7, 11) is 1.58. The molecule has 0 amide bonds. The summed E-state index contributed by atoms with van der Waals surface area (Å²) in [5, 5.41) is 14.6. The molecule has 1 heterocycles. The first-order chi connectivity index (χ1) is 8.15. The van der Waals surface area contributed by atoms with E-state index in [0.717, 1.165) is 5.56 Å². The fraction of sp³-hybridized carbons (Fsp3) is 0.455. The van der Waals surface area contributed by atoms with Gasteiger partial charge in [0.2, 0.25) is 5.88 Å². The molecule has 0 bridgehead atoms. The first-order valence-corrected chi connectivity index (χ1v) is 5.34. The van der Waals surface area contributed by atoms with Crippen LogP contribution in [-0.2, 0) is 6.54 Å². The summed E-state index contributed by atoms with van der Waals surface area (Å²) >= 11 is 0. The molecule has 1 aromatic heterocycles. The van der Waals surface area contributed by atoms with E-state index < -0.39 is 0 Å². The molecule has 1 aromatic rings. The monoisotopic (exact) mass is 238 g/mol. The van der Waals surface area contributed by atoms with Crippen LogP contribution in [0.15, 0.2) is 23.5 Å². The number of hydrogen-bond acceptors (Lipinski definition) is 5. The molecular weight excluding hydrogens is 220 g/mol. The van der Waals surface area contributed by atoms with Crippen LogP contribution in [0, 0.1) is 0 Å². The third-order valence-corrected chi connectivity index (χ3v) is 2.31. The Labute approximate surface area is 100 Å². The smallest absolute Gasteiger partial charge is 0.213 e. The molecule has 0 aliphatic carbocycles. The Morgan fingerprint density at radius 1 is 1.71 bits per heavy atom. The number of hydrogen-bond donors (Lipinski definition) is 3. The molecule has 0 spiro atoms. The minimum absolute atomic E-state index is 0.130. The summed E-state index contributed by atoms with van der Waals surface area (Å²) < 4.78 is 5.03. The summed E-state index contributed by atoms with van der Waals surface area (Å²) in [4.78, 5) is 4.02. The van der Waals surface area contributed by atoms with Crippen molar-refractivity contribution < 1.29 is 9.94 Å². The highest BCUT2D eigenvalue weighted by Gasteiger charge is 2.05. The van der Waals surface area contributed by atoms with Gasteiger partial charge in [0, 0.05) is 31.3 Å². The van der Waals surface area contributed by atoms with Crippen LogP contribution in [0.25, 0.3) is 0 Å². The highest BCUT2D eigenvalue weighted by Crippen LogP contribution is 2.08. The van der Waals surface area contributed by atoms with Gasteiger partial charge in [0.25, 0.3) is 0 Å². The second-order valence-corrected chi connectivity index (χ2v) is 3.78. The summed E-state index contributed by atoms with van der Waals surface area (Å²) in [5.74, 6) is 0.811. The maximum absolute atomic E-state index is 8.45. The lowest BCUT2D eigenvalue weighted by molar-refractivity contribution is 0.316. The van der Waals surface area contributed by atoms with Crippen molar-refractivity contribution in [3.63, 3.8) is 0 Å². The molecule has 0 fully saturated rings. The molecule has 0 saturated carbocycles. The molecule has 0 aromatic carbocycles. The largest absolute Gasteiger partial charge is 0.481 e. The number of nitrogens with two attached hydrogens (primary N) is 1. The number of rotatable bonds is 6. The number of methoxy groups -OCH3 is 1. The van der Waals surface area contributed by atoms with E-state index in [0.29, 0.717) is 18.8 Å². The molecular formula is C11H18N4O2. The van der Waals surface area contributed by atoms with E-state index in [-0.39, 0.29) is 11.9 Å². The van der Waals surface area contributed by atoms with Crippen molar-refractivity contribution in [1.82, 2.24) is 10.3 Å². The fourth-order valence-corrected chi connectivity index (χ4v) is 1.39. The van der Waals surface area contributed by atoms with Crippen LogP contribution in [0.5, 0.6) is 5.88 Å². The van der Waals surface area contributed by atoms with E-state index >= 15 is 0 Å². The van der Waals surface area contributed by atoms with Gasteiger partial charge in [-0.05, 0) is 18.6 Å². The predicted octanol–water partition coefficient (Wildman–Crippen LogP) is 0.705. The lowest BCUT2D eigenvalue weighted by Crippen LogP contribution is -2.30. The van der Waals surface area contributed by atoms with E-state index in [4.69, 9.17) is 15.7 Å². The first-order valence-electron chi connectivity index (χ1n) is 5.34. The van der Waals surface area contributed by atoms with Crippen molar-refractivity contribution >= 4 is 5.84 Å². The molecule has 0 saturated heterocycles. The van der Waals surface area contributed by atoms with Gasteiger partial charge in [0.15, 0.2) is 0 Å². The number of nitrogens with zero attached hydrogens (tertiary/aromatic N) is 2. The lowest BCUT2D eigenvalue weighted by atomic mass is 10.2. The van der Waals surface area contributed by atoms with Crippen LogP contribution in [-0.4, -0.2) is 29.2 Å². The van der Waals surface area contributed by atoms with Gasteiger partial charge >= 0.3 is 0 Å². The number of oxime groups is 1. The number of aromatic nitrogens is 1. The van der Waals surface area contributed by atoms with Gasteiger partial charge in [-0.1, -0.05) is 5.16 Å². The second-order valence-electron chi connectivity index (χ2n) is 3.78. The summed E-state index contributed by atoms with van der Waals surface area (Å²) in [6.45, 7) is 2.65. The van der Waals surface area contributed by atoms with Gasteiger partial charge in [-0.25, -0.2) is 4.98 Å². The van der Waals surface area contributed by atoms with Crippen molar-refractivity contribution in [1.29, 1.82) is 0 Å². The standard InChI is InChI=1S/C11H18N4O2/c1-8(5-10(12)15-16)14-7-9-3-4-13-11(6-9)17-2/h3-4,6,8,14,16H,5,7H2,1-2H3,(H2,12,15). The maximum atomic E-state index is 8.45. The zero-order valence-corrected chi connectivity index (χ0v) is 10.1. The van der Waals surface area contributed by atoms with E-state index in [1.54, 1.807) is 13.3 Å². The normalized spacial score (nSPS) is 13.4. The Balaban J connectivity index is 2.44. The quantitative estimate of drug-likeness (QED) is 0.294. The van der Waals surface area contributed by atoms with Crippen molar-refractivity contribution in [3.05, 3.63) is 23.9 Å². The average molecular weight is 238 g/mol. The molecule has 0 radical (unpaired) electrons. The van der Waals surface area contributed by atoms with Gasteiger partial charge in [-0.2, -0.15) is 0 Å². The Bertz CT molecular complexity index is 381. The zero-order valence-electron chi connectivity index (χ0n) is 10.1. The third kappa shape index (κ3) is 4.69. The predicted molar refractivity (Wildman–Crippen MR) is 65.1 cm³/mol. The average Bonchev–Trinajstić information content (AvgIpc) is 2.36. The summed E-state index contributed by atoms with van der Waals surface area (Å²) in [6.07, 6.45) is 2.20. The van der Waals surface area contributed by atoms with Crippen LogP contribution in [0.2, 0.25) is 0 Å². The van der Waals surface area contributed by atoms with Gasteiger partial charge < -0.3 is 21.0 Å². The van der Waals surface area contributed by atoms with Crippen LogP contribution < -0.4 is 15.8 Å². The molecule has 0 aliphatic rings. The van der Waals surface area contributed by atoms with Crippen LogP contribution >= 0.6 is 0 Å². The van der Waals surface area contributed by atoms with Crippen LogP contribution in [0.1, 0.15) is 18.9 Å². The Morgan fingerprint density at radius 3 is 3.12 bits per heavy atom. The van der Waals surface area contributed by atoms with E-state index in [9.17, 15) is 0 Å². The van der Waals surface area contributed by atoms with Gasteiger partial charge in [0.1, 0.15) is 5.84 Å². The Kier molecular flexibility index (Phi) is 5.22. The van der Waals surface area contributed by atoms with E-state index in [1.807, 2.05) is 19.1 Å². The first kappa shape index (κ1) is 13.2. The minimum atomic E-state index is 0.130. The zero-order chi connectivity index (χ0) is 12.7. The van der Waals surface area contributed by atoms with Crippen LogP contribution in [0.3, 0.4) is 0 Å². The molecule has 17 heavy (non-hydrogen) atoms. The minimum Gasteiger partial charge on any atom is -0.481 e. The molecule has 1 rings (SSSR count). The third-order valence-electron chi connectivity index (χ3n) is 2.31. The van der Waals surface area contributed by atoms with Gasteiger partial charge in [0.05, 0.1) is 7.11 Å². The number of pyridine rings is 1. The van der Waals surface area contributed by atoms with Crippen molar-refractivity contribution in [2.75, 3.05) is 7.11 Å². The summed E-state index contributed by atoms with van der Waals surface area (Å²) in [5.41, 5.74) is 6.49. The molecule has 6 heteroatoms. The van der Waals surface area contributed by atoms with Crippen LogP contribution in [0.4, 0.5) is 0 Å². The van der Waals surface area contributed by atoms with E-state index in [1.165, 1.54) is 0 Å². The molecule has 1 unspecified atom stereocenters. The van der Waals surface area contributed by atoms with Crippen molar-refractivity contribution in [2.45, 2.75) is 25.9 Å². The highest BCUT2D eigenvalue weighted by molar-refractivity contribution is 5.80. The van der Waals surface area contributed by atoms with Crippen molar-refractivity contribution in [2.24, 2.45) is 10.9 Å². The molecule has 94 valence electrons. The molecule has 6 nitrogen and oxygen atoms in total. The van der Waals surface area contributed by atoms with Gasteiger partial charge in [-0.3, -0.25) is 0 Å². The fourth-order valence-electron chi connectivity index (χ4n) is 1.39. The van der Waals surface area contributed by atoms with Gasteiger partial charge in [-0.15, -0.1) is 0 Å². The lowest BCUT2D eigenvalue weighted by Gasteiger charge is -2.13. The molecule has 1 atom stereocenters. The second kappa shape index (κ2) is 6.70.